The van der Waals surface area contributed by atoms with E-state index in [1.54, 1.807) is 0 Å². The van der Waals surface area contributed by atoms with Crippen LogP contribution in [0.3, 0.4) is 0 Å². The van der Waals surface area contributed by atoms with Gasteiger partial charge in [-0.05, 0) is 67.4 Å². The summed E-state index contributed by atoms with van der Waals surface area (Å²) in [4.78, 5) is 1.11. The molecule has 0 radical (unpaired) electrons. The molecule has 0 saturated heterocycles. The number of hydrogen-bond acceptors (Lipinski definition) is 5. The molecule has 0 saturated carbocycles. The standard InChI is InChI=1S/C17H17N3OS/c1-11-8-12(2)10-14(9-11)18-16-19-20-17(21-16)22-15-7-5-4-6-13(15)3/h4-10H,1-3H3,(H,18,19). The van der Waals surface area contributed by atoms with Crippen molar-refractivity contribution in [3.05, 3.63) is 59.2 Å². The van der Waals surface area contributed by atoms with E-state index in [4.69, 9.17) is 4.42 Å². The number of hydrogen-bond donors (Lipinski definition) is 1. The molecule has 112 valence electrons. The molecule has 1 heterocycles. The Bertz CT molecular complexity index is 778. The number of aromatic nitrogens is 2. The average Bonchev–Trinajstić information content (AvgIpc) is 2.87. The van der Waals surface area contributed by atoms with Crippen molar-refractivity contribution in [2.24, 2.45) is 0 Å². The van der Waals surface area contributed by atoms with E-state index < -0.39 is 0 Å². The maximum absolute atomic E-state index is 5.66. The van der Waals surface area contributed by atoms with Gasteiger partial charge in [-0.25, -0.2) is 0 Å². The van der Waals surface area contributed by atoms with Crippen LogP contribution in [0, 0.1) is 20.8 Å². The van der Waals surface area contributed by atoms with Crippen LogP contribution >= 0.6 is 11.8 Å². The first-order valence-electron chi connectivity index (χ1n) is 7.02. The van der Waals surface area contributed by atoms with E-state index in [2.05, 4.69) is 48.4 Å². The van der Waals surface area contributed by atoms with Gasteiger partial charge in [-0.3, -0.25) is 0 Å². The molecule has 22 heavy (non-hydrogen) atoms. The molecular formula is C17H17N3OS. The highest BCUT2D eigenvalue weighted by Crippen LogP contribution is 2.30. The normalized spacial score (nSPS) is 10.7. The van der Waals surface area contributed by atoms with Crippen LogP contribution in [0.1, 0.15) is 16.7 Å². The first kappa shape index (κ1) is 14.7. The summed E-state index contributed by atoms with van der Waals surface area (Å²) in [6.45, 7) is 6.18. The van der Waals surface area contributed by atoms with Gasteiger partial charge in [-0.1, -0.05) is 34.5 Å². The van der Waals surface area contributed by atoms with Crippen molar-refractivity contribution in [1.82, 2.24) is 10.2 Å². The van der Waals surface area contributed by atoms with Crippen molar-refractivity contribution in [1.29, 1.82) is 0 Å². The molecule has 3 aromatic rings. The van der Waals surface area contributed by atoms with Crippen LogP contribution in [0.15, 0.2) is 57.0 Å². The zero-order chi connectivity index (χ0) is 15.5. The van der Waals surface area contributed by atoms with Crippen molar-refractivity contribution in [3.63, 3.8) is 0 Å². The topological polar surface area (TPSA) is 51.0 Å². The minimum Gasteiger partial charge on any atom is -0.397 e. The maximum Gasteiger partial charge on any atom is 0.320 e. The van der Waals surface area contributed by atoms with E-state index in [-0.39, 0.29) is 0 Å². The fraction of sp³-hybridized carbons (Fsp3) is 0.176. The van der Waals surface area contributed by atoms with Gasteiger partial charge in [-0.15, -0.1) is 0 Å². The van der Waals surface area contributed by atoms with Crippen LogP contribution in [0.4, 0.5) is 11.7 Å². The molecule has 0 spiro atoms. The molecule has 0 amide bonds. The Labute approximate surface area is 134 Å². The van der Waals surface area contributed by atoms with Crippen molar-refractivity contribution < 1.29 is 4.42 Å². The third kappa shape index (κ3) is 3.49. The lowest BCUT2D eigenvalue weighted by molar-refractivity contribution is 0.468. The molecule has 2 aromatic carbocycles. The van der Waals surface area contributed by atoms with Gasteiger partial charge in [-0.2, -0.15) is 0 Å². The summed E-state index contributed by atoms with van der Waals surface area (Å²) in [5, 5.41) is 11.8. The summed E-state index contributed by atoms with van der Waals surface area (Å²) in [6, 6.07) is 14.7. The molecule has 5 heteroatoms. The molecule has 0 aliphatic rings. The minimum atomic E-state index is 0.404. The molecule has 0 unspecified atom stereocenters. The SMILES string of the molecule is Cc1cc(C)cc(Nc2nnc(Sc3ccccc3C)o2)c1. The van der Waals surface area contributed by atoms with Crippen LogP contribution < -0.4 is 5.32 Å². The summed E-state index contributed by atoms with van der Waals surface area (Å²) in [5.41, 5.74) is 4.52. The Morgan fingerprint density at radius 1 is 0.955 bits per heavy atom. The van der Waals surface area contributed by atoms with Crippen LogP contribution in [0.25, 0.3) is 0 Å². The highest BCUT2D eigenvalue weighted by atomic mass is 32.2. The second-order valence-corrected chi connectivity index (χ2v) is 6.24. The summed E-state index contributed by atoms with van der Waals surface area (Å²) in [6.07, 6.45) is 0. The lowest BCUT2D eigenvalue weighted by atomic mass is 10.1. The Kier molecular flexibility index (Phi) is 4.15. The van der Waals surface area contributed by atoms with Gasteiger partial charge < -0.3 is 9.73 Å². The number of nitrogens with zero attached hydrogens (tertiary/aromatic N) is 2. The second kappa shape index (κ2) is 6.23. The minimum absolute atomic E-state index is 0.404. The zero-order valence-electron chi connectivity index (χ0n) is 12.8. The molecule has 1 aromatic heterocycles. The molecule has 4 nitrogen and oxygen atoms in total. The van der Waals surface area contributed by atoms with E-state index in [0.717, 1.165) is 10.6 Å². The van der Waals surface area contributed by atoms with Gasteiger partial charge >= 0.3 is 6.01 Å². The van der Waals surface area contributed by atoms with E-state index in [1.165, 1.54) is 28.5 Å². The molecule has 0 fully saturated rings. The highest BCUT2D eigenvalue weighted by molar-refractivity contribution is 7.99. The molecule has 0 atom stereocenters. The summed E-state index contributed by atoms with van der Waals surface area (Å²) in [5.74, 6) is 0. The van der Waals surface area contributed by atoms with Gasteiger partial charge in [0.05, 0.1) is 0 Å². The van der Waals surface area contributed by atoms with E-state index in [0.29, 0.717) is 11.2 Å². The van der Waals surface area contributed by atoms with Crippen LogP contribution in [0.5, 0.6) is 0 Å². The Hall–Kier alpha value is -2.27. The number of nitrogens with one attached hydrogen (secondary N) is 1. The summed E-state index contributed by atoms with van der Waals surface area (Å²) in [7, 11) is 0. The van der Waals surface area contributed by atoms with Crippen molar-refractivity contribution in [2.45, 2.75) is 30.9 Å². The third-order valence-electron chi connectivity index (χ3n) is 3.17. The van der Waals surface area contributed by atoms with Crippen LogP contribution in [0.2, 0.25) is 0 Å². The molecule has 3 rings (SSSR count). The highest BCUT2D eigenvalue weighted by Gasteiger charge is 2.09. The quantitative estimate of drug-likeness (QED) is 0.743. The molecule has 0 aliphatic carbocycles. The fourth-order valence-electron chi connectivity index (χ4n) is 2.24. The van der Waals surface area contributed by atoms with E-state index >= 15 is 0 Å². The van der Waals surface area contributed by atoms with Crippen molar-refractivity contribution in [2.75, 3.05) is 5.32 Å². The summed E-state index contributed by atoms with van der Waals surface area (Å²) < 4.78 is 5.66. The fourth-order valence-corrected chi connectivity index (χ4v) is 3.00. The van der Waals surface area contributed by atoms with Gasteiger partial charge in [0, 0.05) is 10.6 Å². The molecule has 0 aliphatic heterocycles. The second-order valence-electron chi connectivity index (χ2n) is 5.24. The maximum atomic E-state index is 5.66. The zero-order valence-corrected chi connectivity index (χ0v) is 13.6. The molecular weight excluding hydrogens is 294 g/mol. The van der Waals surface area contributed by atoms with E-state index in [9.17, 15) is 0 Å². The van der Waals surface area contributed by atoms with Gasteiger partial charge in [0.25, 0.3) is 5.22 Å². The van der Waals surface area contributed by atoms with Gasteiger partial charge in [0.1, 0.15) is 0 Å². The van der Waals surface area contributed by atoms with Gasteiger partial charge in [0.15, 0.2) is 0 Å². The molecule has 1 N–H and O–H groups in total. The predicted molar refractivity (Wildman–Crippen MR) is 88.8 cm³/mol. The third-order valence-corrected chi connectivity index (χ3v) is 4.19. The number of anilines is 2. The van der Waals surface area contributed by atoms with Crippen molar-refractivity contribution >= 4 is 23.5 Å². The predicted octanol–water partition coefficient (Wildman–Crippen LogP) is 4.89. The molecule has 0 bridgehead atoms. The first-order chi connectivity index (χ1) is 10.6. The largest absolute Gasteiger partial charge is 0.397 e. The Morgan fingerprint density at radius 2 is 1.68 bits per heavy atom. The van der Waals surface area contributed by atoms with Crippen molar-refractivity contribution in [3.8, 4) is 0 Å². The summed E-state index contributed by atoms with van der Waals surface area (Å²) >= 11 is 1.47. The lowest BCUT2D eigenvalue weighted by Crippen LogP contribution is -1.91. The Balaban J connectivity index is 1.75. The van der Waals surface area contributed by atoms with E-state index in [1.807, 2.05) is 30.3 Å². The smallest absolute Gasteiger partial charge is 0.320 e. The lowest BCUT2D eigenvalue weighted by Gasteiger charge is -2.04. The number of aryl methyl sites for hydroxylation is 3. The van der Waals surface area contributed by atoms with Gasteiger partial charge in [0.2, 0.25) is 0 Å². The monoisotopic (exact) mass is 311 g/mol. The van der Waals surface area contributed by atoms with Crippen LogP contribution in [-0.4, -0.2) is 10.2 Å². The van der Waals surface area contributed by atoms with Crippen LogP contribution in [-0.2, 0) is 0 Å². The average molecular weight is 311 g/mol. The first-order valence-corrected chi connectivity index (χ1v) is 7.84. The Morgan fingerprint density at radius 3 is 2.41 bits per heavy atom. The number of rotatable bonds is 4. The number of benzene rings is 2.